The van der Waals surface area contributed by atoms with Crippen LogP contribution in [-0.2, 0) is 14.8 Å². The first kappa shape index (κ1) is 23.5. The molecule has 0 aliphatic carbocycles. The van der Waals surface area contributed by atoms with Gasteiger partial charge in [0.15, 0.2) is 0 Å². The molecule has 160 valence electrons. The minimum Gasteiger partial charge on any atom is -0.271 e. The lowest BCUT2D eigenvalue weighted by Gasteiger charge is -2.23. The van der Waals surface area contributed by atoms with Crippen molar-refractivity contribution in [3.8, 4) is 0 Å². The van der Waals surface area contributed by atoms with Crippen molar-refractivity contribution in [2.45, 2.75) is 4.90 Å². The number of hydrogen-bond donors (Lipinski definition) is 1. The molecule has 0 radical (unpaired) electrons. The molecule has 0 fully saturated rings. The number of amides is 1. The van der Waals surface area contributed by atoms with E-state index in [1.165, 1.54) is 18.3 Å². The molecule has 0 unspecified atom stereocenters. The quantitative estimate of drug-likeness (QED) is 0.241. The van der Waals surface area contributed by atoms with Crippen LogP contribution in [0.4, 0.5) is 5.69 Å². The van der Waals surface area contributed by atoms with Crippen molar-refractivity contribution in [2.75, 3.05) is 10.8 Å². The van der Waals surface area contributed by atoms with Gasteiger partial charge in [0.2, 0.25) is 0 Å². The molecule has 3 aromatic carbocycles. The summed E-state index contributed by atoms with van der Waals surface area (Å²) >= 11 is 14.3. The lowest BCUT2D eigenvalue weighted by molar-refractivity contribution is -0.119. The van der Waals surface area contributed by atoms with Gasteiger partial charge in [-0.15, -0.1) is 0 Å². The number of hydrazone groups is 1. The van der Waals surface area contributed by atoms with Crippen molar-refractivity contribution in [2.24, 2.45) is 5.10 Å². The number of nitrogens with zero attached hydrogens (tertiary/aromatic N) is 2. The summed E-state index contributed by atoms with van der Waals surface area (Å²) in [6, 6.07) is 19.7. The number of halogens is 3. The highest BCUT2D eigenvalue weighted by molar-refractivity contribution is 14.1. The van der Waals surface area contributed by atoms with E-state index in [1.807, 2.05) is 0 Å². The summed E-state index contributed by atoms with van der Waals surface area (Å²) in [6.07, 6.45) is 1.31. The number of carbonyl (C=O) groups excluding carboxylic acids is 1. The van der Waals surface area contributed by atoms with Crippen LogP contribution in [0.5, 0.6) is 0 Å². The number of nitrogens with one attached hydrogen (secondary N) is 1. The van der Waals surface area contributed by atoms with E-state index in [0.717, 1.165) is 7.88 Å². The summed E-state index contributed by atoms with van der Waals surface area (Å²) in [5.41, 5.74) is 3.13. The summed E-state index contributed by atoms with van der Waals surface area (Å²) in [6.45, 7) is -0.467. The highest BCUT2D eigenvalue weighted by atomic mass is 127. The van der Waals surface area contributed by atoms with Crippen LogP contribution in [0.2, 0.25) is 10.0 Å². The number of benzene rings is 3. The molecule has 0 aliphatic heterocycles. The third-order valence-corrected chi connectivity index (χ3v) is 7.28. The van der Waals surface area contributed by atoms with Crippen molar-refractivity contribution in [1.82, 2.24) is 5.43 Å². The summed E-state index contributed by atoms with van der Waals surface area (Å²) < 4.78 is 28.4. The number of carbonyl (C=O) groups is 1. The monoisotopic (exact) mass is 587 g/mol. The van der Waals surface area contributed by atoms with E-state index >= 15 is 0 Å². The third kappa shape index (κ3) is 5.97. The van der Waals surface area contributed by atoms with E-state index in [1.54, 1.807) is 60.7 Å². The minimum absolute atomic E-state index is 0.0766. The Labute approximate surface area is 204 Å². The molecule has 1 N–H and O–H groups in total. The van der Waals surface area contributed by atoms with Gasteiger partial charge in [-0.3, -0.25) is 9.10 Å². The highest BCUT2D eigenvalue weighted by Gasteiger charge is 2.27. The molecule has 3 aromatic rings. The summed E-state index contributed by atoms with van der Waals surface area (Å²) in [4.78, 5) is 12.6. The smallest absolute Gasteiger partial charge is 0.264 e. The molecule has 0 aliphatic rings. The van der Waals surface area contributed by atoms with Gasteiger partial charge in [-0.25, -0.2) is 13.8 Å². The van der Waals surface area contributed by atoms with Crippen LogP contribution < -0.4 is 9.73 Å². The van der Waals surface area contributed by atoms with Gasteiger partial charge >= 0.3 is 0 Å². The second-order valence-electron chi connectivity index (χ2n) is 6.23. The largest absolute Gasteiger partial charge is 0.271 e. The number of rotatable bonds is 7. The molecule has 31 heavy (non-hydrogen) atoms. The topological polar surface area (TPSA) is 78.8 Å². The van der Waals surface area contributed by atoms with Crippen LogP contribution in [0.1, 0.15) is 5.56 Å². The second kappa shape index (κ2) is 10.4. The zero-order chi connectivity index (χ0) is 22.4. The predicted molar refractivity (Wildman–Crippen MR) is 132 cm³/mol. The number of sulfonamides is 1. The Morgan fingerprint density at radius 3 is 2.19 bits per heavy atom. The van der Waals surface area contributed by atoms with Crippen LogP contribution in [0.25, 0.3) is 0 Å². The van der Waals surface area contributed by atoms with Gasteiger partial charge in [-0.1, -0.05) is 47.5 Å². The molecule has 0 atom stereocenters. The fraction of sp³-hybridized carbons (Fsp3) is 0.0476. The Bertz CT molecular complexity index is 1180. The first-order chi connectivity index (χ1) is 14.8. The Hall–Kier alpha value is -2.14. The lowest BCUT2D eigenvalue weighted by atomic mass is 10.2. The van der Waals surface area contributed by atoms with Crippen LogP contribution in [0.15, 0.2) is 82.8 Å². The van der Waals surface area contributed by atoms with Crippen LogP contribution in [-0.4, -0.2) is 27.1 Å². The Balaban J connectivity index is 1.84. The third-order valence-electron chi connectivity index (χ3n) is 4.12. The normalized spacial score (nSPS) is 11.5. The molecule has 0 saturated carbocycles. The first-order valence-electron chi connectivity index (χ1n) is 8.88. The molecule has 1 amide bonds. The average Bonchev–Trinajstić information content (AvgIpc) is 2.75. The summed E-state index contributed by atoms with van der Waals surface area (Å²) in [5.74, 6) is -0.627. The van der Waals surface area contributed by atoms with E-state index in [-0.39, 0.29) is 4.90 Å². The van der Waals surface area contributed by atoms with Gasteiger partial charge < -0.3 is 0 Å². The van der Waals surface area contributed by atoms with E-state index in [2.05, 4.69) is 33.1 Å². The van der Waals surface area contributed by atoms with Gasteiger partial charge in [0, 0.05) is 9.13 Å². The second-order valence-corrected chi connectivity index (χ2v) is 10.2. The fourth-order valence-corrected chi connectivity index (χ4v) is 4.91. The summed E-state index contributed by atoms with van der Waals surface area (Å²) in [5, 5.41) is 4.61. The van der Waals surface area contributed by atoms with Gasteiger partial charge in [-0.05, 0) is 71.1 Å². The molecular weight excluding hydrogens is 572 g/mol. The van der Waals surface area contributed by atoms with E-state index in [9.17, 15) is 13.2 Å². The van der Waals surface area contributed by atoms with E-state index in [4.69, 9.17) is 23.2 Å². The molecule has 6 nitrogen and oxygen atoms in total. The van der Waals surface area contributed by atoms with Gasteiger partial charge in [0.25, 0.3) is 15.9 Å². The van der Waals surface area contributed by atoms with Crippen LogP contribution >= 0.6 is 45.8 Å². The maximum absolute atomic E-state index is 13.2. The SMILES string of the molecule is O=C(CN(c1ccc(I)cc1)S(=O)(=O)c1ccccc1)N/N=C\c1c(Cl)cccc1Cl. The zero-order valence-corrected chi connectivity index (χ0v) is 20.4. The zero-order valence-electron chi connectivity index (χ0n) is 15.9. The molecule has 0 aromatic heterocycles. The molecule has 0 spiro atoms. The fourth-order valence-electron chi connectivity index (χ4n) is 2.61. The maximum atomic E-state index is 13.2. The van der Waals surface area contributed by atoms with Crippen LogP contribution in [0, 0.1) is 3.57 Å². The van der Waals surface area contributed by atoms with Gasteiger partial charge in [0.1, 0.15) is 6.54 Å². The van der Waals surface area contributed by atoms with Crippen molar-refractivity contribution >= 4 is 73.6 Å². The molecule has 10 heteroatoms. The van der Waals surface area contributed by atoms with Crippen LogP contribution in [0.3, 0.4) is 0 Å². The van der Waals surface area contributed by atoms with Crippen molar-refractivity contribution < 1.29 is 13.2 Å². The standard InChI is InChI=1S/C21H16Cl2IN3O3S/c22-19-7-4-8-20(23)18(19)13-25-26-21(28)14-27(16-11-9-15(24)10-12-16)31(29,30)17-5-2-1-3-6-17/h1-13H,14H2,(H,26,28)/b25-13-. The van der Waals surface area contributed by atoms with Crippen molar-refractivity contribution in [1.29, 1.82) is 0 Å². The Morgan fingerprint density at radius 1 is 0.968 bits per heavy atom. The van der Waals surface area contributed by atoms with Crippen molar-refractivity contribution in [3.05, 3.63) is 92.0 Å². The van der Waals surface area contributed by atoms with Gasteiger partial charge in [-0.2, -0.15) is 5.10 Å². The molecule has 3 rings (SSSR count). The maximum Gasteiger partial charge on any atom is 0.264 e. The minimum atomic E-state index is -3.98. The summed E-state index contributed by atoms with van der Waals surface area (Å²) in [7, 11) is -3.98. The van der Waals surface area contributed by atoms with E-state index in [0.29, 0.717) is 21.3 Å². The highest BCUT2D eigenvalue weighted by Crippen LogP contribution is 2.24. The Kier molecular flexibility index (Phi) is 7.93. The van der Waals surface area contributed by atoms with E-state index < -0.39 is 22.5 Å². The molecule has 0 heterocycles. The lowest BCUT2D eigenvalue weighted by Crippen LogP contribution is -2.39. The molecular formula is C21H16Cl2IN3O3S. The molecule has 0 saturated heterocycles. The average molecular weight is 588 g/mol. The number of anilines is 1. The predicted octanol–water partition coefficient (Wildman–Crippen LogP) is 4.94. The molecule has 0 bridgehead atoms. The van der Waals surface area contributed by atoms with Gasteiger partial charge in [0.05, 0.1) is 26.8 Å². The first-order valence-corrected chi connectivity index (χ1v) is 12.2. The van der Waals surface area contributed by atoms with Crippen molar-refractivity contribution in [3.63, 3.8) is 0 Å². The Morgan fingerprint density at radius 2 is 1.58 bits per heavy atom. The number of hydrogen-bond acceptors (Lipinski definition) is 4.